The van der Waals surface area contributed by atoms with Gasteiger partial charge in [-0.1, -0.05) is 25.4 Å². The molecule has 2 atom stereocenters. The van der Waals surface area contributed by atoms with E-state index in [0.717, 1.165) is 4.34 Å². The van der Waals surface area contributed by atoms with Crippen molar-refractivity contribution in [1.29, 1.82) is 0 Å². The van der Waals surface area contributed by atoms with Crippen LogP contribution in [0.25, 0.3) is 0 Å². The Morgan fingerprint density at radius 1 is 1.53 bits per heavy atom. The van der Waals surface area contributed by atoms with Crippen molar-refractivity contribution in [2.45, 2.75) is 38.8 Å². The molecule has 2 N–H and O–H groups in total. The number of halogens is 1. The zero-order valence-corrected chi connectivity index (χ0v) is 12.1. The number of nitrogens with zero attached hydrogens (tertiary/aromatic N) is 1. The minimum Gasteiger partial charge on any atom is -0.329 e. The number of rotatable bonds is 4. The van der Waals surface area contributed by atoms with E-state index >= 15 is 0 Å². The molecule has 0 amide bonds. The summed E-state index contributed by atoms with van der Waals surface area (Å²) in [5, 5.41) is 0. The van der Waals surface area contributed by atoms with Gasteiger partial charge >= 0.3 is 0 Å². The summed E-state index contributed by atoms with van der Waals surface area (Å²) in [5.41, 5.74) is 5.98. The van der Waals surface area contributed by atoms with E-state index in [2.05, 4.69) is 24.8 Å². The zero-order chi connectivity index (χ0) is 12.4. The summed E-state index contributed by atoms with van der Waals surface area (Å²) in [5.74, 6) is 0.696. The van der Waals surface area contributed by atoms with Crippen LogP contribution in [0.3, 0.4) is 0 Å². The predicted octanol–water partition coefficient (Wildman–Crippen LogP) is 3.52. The topological polar surface area (TPSA) is 29.3 Å². The molecule has 0 aliphatic carbocycles. The van der Waals surface area contributed by atoms with Gasteiger partial charge in [0.1, 0.15) is 0 Å². The average Bonchev–Trinajstić information content (AvgIpc) is 2.89. The summed E-state index contributed by atoms with van der Waals surface area (Å²) in [4.78, 5) is 3.89. The lowest BCUT2D eigenvalue weighted by Gasteiger charge is -2.34. The average molecular weight is 273 g/mol. The molecule has 4 heteroatoms. The van der Waals surface area contributed by atoms with Gasteiger partial charge in [0.25, 0.3) is 0 Å². The number of nitrogens with two attached hydrogens (primary N) is 1. The molecule has 1 aromatic rings. The highest BCUT2D eigenvalue weighted by Gasteiger charge is 2.33. The second-order valence-electron chi connectivity index (χ2n) is 5.08. The monoisotopic (exact) mass is 272 g/mol. The normalized spacial score (nSPS) is 23.5. The van der Waals surface area contributed by atoms with Crippen LogP contribution >= 0.6 is 22.9 Å². The van der Waals surface area contributed by atoms with Crippen LogP contribution in [-0.2, 0) is 0 Å². The Balaban J connectivity index is 2.18. The third kappa shape index (κ3) is 2.84. The van der Waals surface area contributed by atoms with Crippen LogP contribution in [0.1, 0.15) is 37.6 Å². The van der Waals surface area contributed by atoms with Gasteiger partial charge in [0, 0.05) is 17.5 Å². The lowest BCUT2D eigenvalue weighted by atomic mass is 10.0. The fourth-order valence-electron chi connectivity index (χ4n) is 2.84. The standard InChI is InChI=1S/C13H21ClN2S/c1-9(2)10-4-3-7-16(10)11(8-15)12-5-6-13(14)17-12/h5-6,9-11H,3-4,7-8,15H2,1-2H3. The van der Waals surface area contributed by atoms with Crippen molar-refractivity contribution in [3.05, 3.63) is 21.3 Å². The molecule has 17 heavy (non-hydrogen) atoms. The quantitative estimate of drug-likeness (QED) is 0.909. The van der Waals surface area contributed by atoms with Crippen molar-refractivity contribution in [2.75, 3.05) is 13.1 Å². The zero-order valence-electron chi connectivity index (χ0n) is 10.5. The van der Waals surface area contributed by atoms with Crippen molar-refractivity contribution < 1.29 is 0 Å². The van der Waals surface area contributed by atoms with E-state index in [0.29, 0.717) is 24.5 Å². The van der Waals surface area contributed by atoms with E-state index < -0.39 is 0 Å². The summed E-state index contributed by atoms with van der Waals surface area (Å²) >= 11 is 7.69. The van der Waals surface area contributed by atoms with E-state index in [-0.39, 0.29) is 0 Å². The molecule has 1 fully saturated rings. The lowest BCUT2D eigenvalue weighted by molar-refractivity contribution is 0.151. The number of hydrogen-bond donors (Lipinski definition) is 1. The van der Waals surface area contributed by atoms with E-state index in [1.165, 1.54) is 24.3 Å². The van der Waals surface area contributed by atoms with Gasteiger partial charge in [-0.15, -0.1) is 11.3 Å². The lowest BCUT2D eigenvalue weighted by Crippen LogP contribution is -2.39. The Hall–Kier alpha value is -0.0900. The minimum atomic E-state index is 0.349. The molecule has 2 rings (SSSR count). The molecule has 0 aromatic carbocycles. The molecule has 2 heterocycles. The Morgan fingerprint density at radius 3 is 2.82 bits per heavy atom. The maximum Gasteiger partial charge on any atom is 0.0931 e. The van der Waals surface area contributed by atoms with Crippen LogP contribution in [0.5, 0.6) is 0 Å². The molecule has 96 valence electrons. The molecule has 0 saturated carbocycles. The molecule has 2 unspecified atom stereocenters. The van der Waals surface area contributed by atoms with Crippen LogP contribution in [-0.4, -0.2) is 24.0 Å². The first kappa shape index (κ1) is 13.3. The fraction of sp³-hybridized carbons (Fsp3) is 0.692. The maximum atomic E-state index is 6.03. The molecule has 1 aliphatic rings. The van der Waals surface area contributed by atoms with Gasteiger partial charge in [-0.25, -0.2) is 0 Å². The third-order valence-corrected chi connectivity index (χ3v) is 4.99. The first-order valence-electron chi connectivity index (χ1n) is 6.34. The Morgan fingerprint density at radius 2 is 2.29 bits per heavy atom. The van der Waals surface area contributed by atoms with Gasteiger partial charge < -0.3 is 5.73 Å². The van der Waals surface area contributed by atoms with Crippen LogP contribution in [0.2, 0.25) is 4.34 Å². The highest BCUT2D eigenvalue weighted by molar-refractivity contribution is 7.16. The predicted molar refractivity (Wildman–Crippen MR) is 75.7 cm³/mol. The van der Waals surface area contributed by atoms with Crippen molar-refractivity contribution >= 4 is 22.9 Å². The largest absolute Gasteiger partial charge is 0.329 e. The Bertz CT molecular complexity index is 364. The van der Waals surface area contributed by atoms with Gasteiger partial charge in [0.2, 0.25) is 0 Å². The maximum absolute atomic E-state index is 6.03. The third-order valence-electron chi connectivity index (χ3n) is 3.66. The summed E-state index contributed by atoms with van der Waals surface area (Å²) in [7, 11) is 0. The highest BCUT2D eigenvalue weighted by Crippen LogP contribution is 2.36. The molecule has 1 aromatic heterocycles. The first-order chi connectivity index (χ1) is 8.13. The van der Waals surface area contributed by atoms with E-state index in [9.17, 15) is 0 Å². The SMILES string of the molecule is CC(C)C1CCCN1C(CN)c1ccc(Cl)s1. The molecular formula is C13H21ClN2S. The van der Waals surface area contributed by atoms with Crippen LogP contribution in [0.4, 0.5) is 0 Å². The summed E-state index contributed by atoms with van der Waals surface area (Å²) in [6, 6.07) is 5.12. The van der Waals surface area contributed by atoms with E-state index in [1.807, 2.05) is 6.07 Å². The number of thiophene rings is 1. The van der Waals surface area contributed by atoms with Gasteiger partial charge in [-0.2, -0.15) is 0 Å². The highest BCUT2D eigenvalue weighted by atomic mass is 35.5. The molecular weight excluding hydrogens is 252 g/mol. The number of hydrogen-bond acceptors (Lipinski definition) is 3. The van der Waals surface area contributed by atoms with Crippen LogP contribution in [0, 0.1) is 5.92 Å². The van der Waals surface area contributed by atoms with E-state index in [4.69, 9.17) is 17.3 Å². The number of likely N-dealkylation sites (tertiary alicyclic amines) is 1. The van der Waals surface area contributed by atoms with Crippen molar-refractivity contribution in [2.24, 2.45) is 11.7 Å². The smallest absolute Gasteiger partial charge is 0.0931 e. The van der Waals surface area contributed by atoms with Crippen molar-refractivity contribution in [3.8, 4) is 0 Å². The Kier molecular flexibility index (Phi) is 4.47. The second-order valence-corrected chi connectivity index (χ2v) is 6.83. The van der Waals surface area contributed by atoms with Gasteiger partial charge in [-0.05, 0) is 37.4 Å². The summed E-state index contributed by atoms with van der Waals surface area (Å²) in [6.45, 7) is 6.45. The van der Waals surface area contributed by atoms with Crippen molar-refractivity contribution in [3.63, 3.8) is 0 Å². The first-order valence-corrected chi connectivity index (χ1v) is 7.54. The van der Waals surface area contributed by atoms with Crippen LogP contribution in [0.15, 0.2) is 12.1 Å². The molecule has 2 nitrogen and oxygen atoms in total. The molecule has 0 radical (unpaired) electrons. The van der Waals surface area contributed by atoms with Gasteiger partial charge in [0.05, 0.1) is 10.4 Å². The molecule has 0 spiro atoms. The Labute approximate surface area is 113 Å². The summed E-state index contributed by atoms with van der Waals surface area (Å²) < 4.78 is 0.860. The summed E-state index contributed by atoms with van der Waals surface area (Å²) in [6.07, 6.45) is 2.59. The second kappa shape index (κ2) is 5.70. The minimum absolute atomic E-state index is 0.349. The van der Waals surface area contributed by atoms with Crippen molar-refractivity contribution in [1.82, 2.24) is 4.90 Å². The molecule has 0 bridgehead atoms. The van der Waals surface area contributed by atoms with Crippen LogP contribution < -0.4 is 5.73 Å². The molecule has 1 aliphatic heterocycles. The fourth-order valence-corrected chi connectivity index (χ4v) is 4.04. The van der Waals surface area contributed by atoms with Gasteiger partial charge in [-0.3, -0.25) is 4.90 Å². The molecule has 1 saturated heterocycles. The van der Waals surface area contributed by atoms with Gasteiger partial charge in [0.15, 0.2) is 0 Å². The van der Waals surface area contributed by atoms with E-state index in [1.54, 1.807) is 11.3 Å².